The lowest BCUT2D eigenvalue weighted by Crippen LogP contribution is -2.22. The van der Waals surface area contributed by atoms with Gasteiger partial charge in [0.2, 0.25) is 6.79 Å². The first-order valence-corrected chi connectivity index (χ1v) is 5.64. The maximum Gasteiger partial charge on any atom is 0.304 e. The molecule has 2 rings (SSSR count). The van der Waals surface area contributed by atoms with Crippen LogP contribution in [-0.2, 0) is 10.2 Å². The molecule has 1 aromatic carbocycles. The molecule has 0 aromatic heterocycles. The Hall–Kier alpha value is -1.91. The SMILES string of the molecule is COc1cc2c(cc1C(C)(C)CC(=O)O)OCO2. The zero-order chi connectivity index (χ0) is 13.3. The lowest BCUT2D eigenvalue weighted by Gasteiger charge is -2.25. The molecule has 0 atom stereocenters. The quantitative estimate of drug-likeness (QED) is 0.889. The molecule has 1 aliphatic rings. The van der Waals surface area contributed by atoms with Gasteiger partial charge in [0.15, 0.2) is 11.5 Å². The molecule has 0 radical (unpaired) electrons. The van der Waals surface area contributed by atoms with E-state index in [1.165, 1.54) is 0 Å². The number of carboxylic acids is 1. The highest BCUT2D eigenvalue weighted by Crippen LogP contribution is 2.43. The molecule has 5 heteroatoms. The van der Waals surface area contributed by atoms with Crippen LogP contribution in [0.3, 0.4) is 0 Å². The Labute approximate surface area is 105 Å². The van der Waals surface area contributed by atoms with Crippen molar-refractivity contribution >= 4 is 5.97 Å². The number of aliphatic carboxylic acids is 1. The highest BCUT2D eigenvalue weighted by molar-refractivity contribution is 5.69. The van der Waals surface area contributed by atoms with E-state index >= 15 is 0 Å². The van der Waals surface area contributed by atoms with Crippen LogP contribution in [0.4, 0.5) is 0 Å². The smallest absolute Gasteiger partial charge is 0.304 e. The molecule has 98 valence electrons. The zero-order valence-electron chi connectivity index (χ0n) is 10.6. The molecular weight excluding hydrogens is 236 g/mol. The maximum atomic E-state index is 10.9. The third-order valence-corrected chi connectivity index (χ3v) is 3.02. The Kier molecular flexibility index (Phi) is 3.07. The molecule has 5 nitrogen and oxygen atoms in total. The number of rotatable bonds is 4. The topological polar surface area (TPSA) is 65.0 Å². The van der Waals surface area contributed by atoms with E-state index in [0.717, 1.165) is 5.56 Å². The Bertz CT molecular complexity index is 479. The molecule has 1 N–H and O–H groups in total. The van der Waals surface area contributed by atoms with Crippen molar-refractivity contribution < 1.29 is 24.1 Å². The Balaban J connectivity index is 2.46. The number of carboxylic acid groups (broad SMARTS) is 1. The standard InChI is InChI=1S/C13H16O5/c1-13(2,6-12(14)15)8-4-10-11(18-7-17-10)5-9(8)16-3/h4-5H,6-7H2,1-3H3,(H,14,15). The van der Waals surface area contributed by atoms with Crippen molar-refractivity contribution in [3.05, 3.63) is 17.7 Å². The van der Waals surface area contributed by atoms with Gasteiger partial charge in [-0.15, -0.1) is 0 Å². The molecule has 0 saturated heterocycles. The van der Waals surface area contributed by atoms with Crippen LogP contribution in [0.5, 0.6) is 17.2 Å². The number of ether oxygens (including phenoxy) is 3. The van der Waals surface area contributed by atoms with Gasteiger partial charge in [-0.25, -0.2) is 0 Å². The minimum Gasteiger partial charge on any atom is -0.496 e. The van der Waals surface area contributed by atoms with Crippen LogP contribution in [-0.4, -0.2) is 25.0 Å². The van der Waals surface area contributed by atoms with Crippen molar-refractivity contribution in [3.63, 3.8) is 0 Å². The molecule has 1 aliphatic heterocycles. The maximum absolute atomic E-state index is 10.9. The number of carbonyl (C=O) groups is 1. The number of benzene rings is 1. The summed E-state index contributed by atoms with van der Waals surface area (Å²) in [7, 11) is 1.55. The van der Waals surface area contributed by atoms with Crippen molar-refractivity contribution in [1.29, 1.82) is 0 Å². The zero-order valence-corrected chi connectivity index (χ0v) is 10.6. The van der Waals surface area contributed by atoms with E-state index in [4.69, 9.17) is 19.3 Å². The van der Waals surface area contributed by atoms with Gasteiger partial charge < -0.3 is 19.3 Å². The molecule has 0 saturated carbocycles. The van der Waals surface area contributed by atoms with Crippen LogP contribution >= 0.6 is 0 Å². The van der Waals surface area contributed by atoms with E-state index in [-0.39, 0.29) is 13.2 Å². The first-order valence-electron chi connectivity index (χ1n) is 5.64. The van der Waals surface area contributed by atoms with E-state index < -0.39 is 11.4 Å². The summed E-state index contributed by atoms with van der Waals surface area (Å²) in [6.45, 7) is 3.91. The number of hydrogen-bond donors (Lipinski definition) is 1. The van der Waals surface area contributed by atoms with E-state index in [1.54, 1.807) is 19.2 Å². The van der Waals surface area contributed by atoms with Crippen LogP contribution in [0.25, 0.3) is 0 Å². The first kappa shape index (κ1) is 12.5. The fourth-order valence-electron chi connectivity index (χ4n) is 2.09. The minimum absolute atomic E-state index is 0.0169. The third kappa shape index (κ3) is 2.20. The summed E-state index contributed by atoms with van der Waals surface area (Å²) in [4.78, 5) is 10.9. The summed E-state index contributed by atoms with van der Waals surface area (Å²) in [5.41, 5.74) is 0.259. The monoisotopic (exact) mass is 252 g/mol. The van der Waals surface area contributed by atoms with Crippen molar-refractivity contribution in [2.75, 3.05) is 13.9 Å². The summed E-state index contributed by atoms with van der Waals surface area (Å²) in [5, 5.41) is 8.97. The molecule has 0 unspecified atom stereocenters. The van der Waals surface area contributed by atoms with Gasteiger partial charge in [-0.05, 0) is 6.07 Å². The van der Waals surface area contributed by atoms with Gasteiger partial charge in [0, 0.05) is 17.0 Å². The molecule has 0 fully saturated rings. The van der Waals surface area contributed by atoms with Gasteiger partial charge in [0.25, 0.3) is 0 Å². The van der Waals surface area contributed by atoms with Gasteiger partial charge in [-0.3, -0.25) is 4.79 Å². The molecule has 1 heterocycles. The molecule has 18 heavy (non-hydrogen) atoms. The summed E-state index contributed by atoms with van der Waals surface area (Å²) in [6, 6.07) is 3.53. The number of fused-ring (bicyclic) bond motifs is 1. The predicted molar refractivity (Wildman–Crippen MR) is 64.4 cm³/mol. The lowest BCUT2D eigenvalue weighted by atomic mass is 9.81. The molecule has 0 aliphatic carbocycles. The van der Waals surface area contributed by atoms with E-state index in [0.29, 0.717) is 17.2 Å². The van der Waals surface area contributed by atoms with Gasteiger partial charge in [-0.1, -0.05) is 13.8 Å². The van der Waals surface area contributed by atoms with Crippen LogP contribution < -0.4 is 14.2 Å². The van der Waals surface area contributed by atoms with Crippen LogP contribution in [0, 0.1) is 0 Å². The minimum atomic E-state index is -0.847. The van der Waals surface area contributed by atoms with Gasteiger partial charge in [-0.2, -0.15) is 0 Å². The Morgan fingerprint density at radius 2 is 2.00 bits per heavy atom. The fraction of sp³-hybridized carbons (Fsp3) is 0.462. The molecule has 1 aromatic rings. The van der Waals surface area contributed by atoms with E-state index in [9.17, 15) is 4.79 Å². The molecule has 0 amide bonds. The highest BCUT2D eigenvalue weighted by atomic mass is 16.7. The van der Waals surface area contributed by atoms with E-state index in [2.05, 4.69) is 0 Å². The Morgan fingerprint density at radius 1 is 1.39 bits per heavy atom. The summed E-state index contributed by atoms with van der Waals surface area (Å²) in [6.07, 6.45) is 0.0169. The van der Waals surface area contributed by atoms with Crippen molar-refractivity contribution in [3.8, 4) is 17.2 Å². The normalized spacial score (nSPS) is 13.5. The van der Waals surface area contributed by atoms with Crippen LogP contribution in [0.1, 0.15) is 25.8 Å². The number of methoxy groups -OCH3 is 1. The van der Waals surface area contributed by atoms with Crippen LogP contribution in [0.2, 0.25) is 0 Å². The second kappa shape index (κ2) is 4.40. The summed E-state index contributed by atoms with van der Waals surface area (Å²) < 4.78 is 15.9. The first-order chi connectivity index (χ1) is 8.44. The average Bonchev–Trinajstić information content (AvgIpc) is 2.72. The Morgan fingerprint density at radius 3 is 2.56 bits per heavy atom. The molecular formula is C13H16O5. The second-order valence-electron chi connectivity index (χ2n) is 4.86. The fourth-order valence-corrected chi connectivity index (χ4v) is 2.09. The predicted octanol–water partition coefficient (Wildman–Crippen LogP) is 2.18. The lowest BCUT2D eigenvalue weighted by molar-refractivity contribution is -0.138. The largest absolute Gasteiger partial charge is 0.496 e. The van der Waals surface area contributed by atoms with E-state index in [1.807, 2.05) is 13.8 Å². The van der Waals surface area contributed by atoms with Crippen molar-refractivity contribution in [2.45, 2.75) is 25.7 Å². The second-order valence-corrected chi connectivity index (χ2v) is 4.86. The summed E-state index contributed by atoms with van der Waals surface area (Å²) in [5.74, 6) is 1.02. The van der Waals surface area contributed by atoms with Crippen LogP contribution in [0.15, 0.2) is 12.1 Å². The average molecular weight is 252 g/mol. The van der Waals surface area contributed by atoms with Crippen molar-refractivity contribution in [1.82, 2.24) is 0 Å². The van der Waals surface area contributed by atoms with Crippen molar-refractivity contribution in [2.24, 2.45) is 0 Å². The van der Waals surface area contributed by atoms with Gasteiger partial charge >= 0.3 is 5.97 Å². The molecule has 0 spiro atoms. The third-order valence-electron chi connectivity index (χ3n) is 3.02. The van der Waals surface area contributed by atoms with Gasteiger partial charge in [0.1, 0.15) is 5.75 Å². The van der Waals surface area contributed by atoms with Gasteiger partial charge in [0.05, 0.1) is 13.5 Å². The summed E-state index contributed by atoms with van der Waals surface area (Å²) >= 11 is 0. The number of hydrogen-bond acceptors (Lipinski definition) is 4. The highest BCUT2D eigenvalue weighted by Gasteiger charge is 2.30. The molecule has 0 bridgehead atoms.